The Morgan fingerprint density at radius 2 is 2.03 bits per heavy atom. The van der Waals surface area contributed by atoms with Gasteiger partial charge >= 0.3 is 5.97 Å². The van der Waals surface area contributed by atoms with Crippen LogP contribution in [0.15, 0.2) is 24.3 Å². The third-order valence-corrected chi connectivity index (χ3v) is 6.50. The molecule has 2 N–H and O–H groups in total. The van der Waals surface area contributed by atoms with Gasteiger partial charge in [0.15, 0.2) is 0 Å². The molecule has 1 aromatic carbocycles. The molecule has 2 aromatic rings. The fourth-order valence-corrected chi connectivity index (χ4v) is 4.57. The summed E-state index contributed by atoms with van der Waals surface area (Å²) >= 11 is 0. The SMILES string of the molecule is CCc1nn(C[C@H](C)COC(=O)c2ccc(O)cc2)c2c1C(=O)NCC1(CCOCC1)C2. The van der Waals surface area contributed by atoms with Crippen LogP contribution in [0, 0.1) is 11.3 Å². The average molecular weight is 442 g/mol. The number of rotatable bonds is 6. The number of nitrogens with one attached hydrogen (secondary N) is 1. The van der Waals surface area contributed by atoms with E-state index in [1.54, 1.807) is 0 Å². The summed E-state index contributed by atoms with van der Waals surface area (Å²) in [5.74, 6) is -0.349. The second-order valence-electron chi connectivity index (χ2n) is 9.03. The number of aromatic hydroxyl groups is 1. The van der Waals surface area contributed by atoms with E-state index in [9.17, 15) is 14.7 Å². The third-order valence-electron chi connectivity index (χ3n) is 6.50. The number of aryl methyl sites for hydroxylation is 1. The van der Waals surface area contributed by atoms with Crippen molar-refractivity contribution in [3.05, 3.63) is 46.8 Å². The molecule has 4 rings (SSSR count). The van der Waals surface area contributed by atoms with Gasteiger partial charge in [-0.3, -0.25) is 9.48 Å². The number of nitrogens with zero attached hydrogens (tertiary/aromatic N) is 2. The number of benzene rings is 1. The topological polar surface area (TPSA) is 103 Å². The number of esters is 1. The first-order valence-corrected chi connectivity index (χ1v) is 11.3. The van der Waals surface area contributed by atoms with Gasteiger partial charge in [0.05, 0.1) is 29.1 Å². The number of carbonyl (C=O) groups is 2. The van der Waals surface area contributed by atoms with E-state index in [0.29, 0.717) is 43.9 Å². The van der Waals surface area contributed by atoms with Crippen LogP contribution >= 0.6 is 0 Å². The van der Waals surface area contributed by atoms with E-state index in [2.05, 4.69) is 5.32 Å². The molecule has 8 nitrogen and oxygen atoms in total. The predicted octanol–water partition coefficient (Wildman–Crippen LogP) is 2.73. The number of fused-ring (bicyclic) bond motifs is 1. The highest BCUT2D eigenvalue weighted by Crippen LogP contribution is 2.37. The highest BCUT2D eigenvalue weighted by molar-refractivity contribution is 5.97. The molecule has 1 amide bonds. The average Bonchev–Trinajstić information content (AvgIpc) is 3.06. The molecule has 2 aliphatic heterocycles. The van der Waals surface area contributed by atoms with Gasteiger partial charge in [-0.25, -0.2) is 4.79 Å². The zero-order valence-corrected chi connectivity index (χ0v) is 18.7. The number of amides is 1. The van der Waals surface area contributed by atoms with Crippen molar-refractivity contribution in [1.82, 2.24) is 15.1 Å². The van der Waals surface area contributed by atoms with Gasteiger partial charge < -0.3 is 19.9 Å². The van der Waals surface area contributed by atoms with Crippen LogP contribution in [-0.2, 0) is 28.9 Å². The molecule has 0 bridgehead atoms. The van der Waals surface area contributed by atoms with E-state index >= 15 is 0 Å². The third kappa shape index (κ3) is 4.65. The maximum Gasteiger partial charge on any atom is 0.338 e. The predicted molar refractivity (Wildman–Crippen MR) is 118 cm³/mol. The Balaban J connectivity index is 1.49. The molecule has 1 spiro atoms. The number of carbonyl (C=O) groups excluding carboxylic acids is 2. The summed E-state index contributed by atoms with van der Waals surface area (Å²) in [5, 5.41) is 17.3. The van der Waals surface area contributed by atoms with E-state index in [4.69, 9.17) is 14.6 Å². The van der Waals surface area contributed by atoms with Gasteiger partial charge in [-0.05, 0) is 55.4 Å². The fraction of sp³-hybridized carbons (Fsp3) is 0.542. The van der Waals surface area contributed by atoms with Gasteiger partial charge in [0.25, 0.3) is 5.91 Å². The maximum atomic E-state index is 12.9. The molecule has 172 valence electrons. The minimum Gasteiger partial charge on any atom is -0.508 e. The number of phenolic OH excluding ortho intramolecular Hbond substituents is 1. The van der Waals surface area contributed by atoms with Crippen LogP contribution in [-0.4, -0.2) is 53.1 Å². The van der Waals surface area contributed by atoms with Crippen LogP contribution in [0.3, 0.4) is 0 Å². The summed E-state index contributed by atoms with van der Waals surface area (Å²) in [6.07, 6.45) is 3.30. The number of hydrogen-bond acceptors (Lipinski definition) is 6. The Bertz CT molecular complexity index is 976. The first kappa shape index (κ1) is 22.3. The van der Waals surface area contributed by atoms with Crippen LogP contribution in [0.5, 0.6) is 5.75 Å². The summed E-state index contributed by atoms with van der Waals surface area (Å²) in [7, 11) is 0. The van der Waals surface area contributed by atoms with Crippen molar-refractivity contribution in [2.45, 2.75) is 46.1 Å². The summed E-state index contributed by atoms with van der Waals surface area (Å²) in [6, 6.07) is 6.00. The lowest BCUT2D eigenvalue weighted by atomic mass is 9.76. The first-order valence-electron chi connectivity index (χ1n) is 11.3. The van der Waals surface area contributed by atoms with E-state index in [-0.39, 0.29) is 29.6 Å². The first-order chi connectivity index (χ1) is 15.4. The van der Waals surface area contributed by atoms with Crippen molar-refractivity contribution in [2.75, 3.05) is 26.4 Å². The van der Waals surface area contributed by atoms with Crippen LogP contribution in [0.1, 0.15) is 58.8 Å². The zero-order valence-electron chi connectivity index (χ0n) is 18.7. The lowest BCUT2D eigenvalue weighted by Gasteiger charge is -2.36. The van der Waals surface area contributed by atoms with Crippen molar-refractivity contribution < 1.29 is 24.2 Å². The largest absolute Gasteiger partial charge is 0.508 e. The van der Waals surface area contributed by atoms with Gasteiger partial charge in [-0.15, -0.1) is 0 Å². The van der Waals surface area contributed by atoms with Crippen LogP contribution in [0.4, 0.5) is 0 Å². The van der Waals surface area contributed by atoms with Crippen LogP contribution in [0.25, 0.3) is 0 Å². The molecule has 2 aliphatic rings. The summed E-state index contributed by atoms with van der Waals surface area (Å²) < 4.78 is 13.0. The number of ether oxygens (including phenoxy) is 2. The van der Waals surface area contributed by atoms with Gasteiger partial charge in [0, 0.05) is 32.2 Å². The fourth-order valence-electron chi connectivity index (χ4n) is 4.57. The smallest absolute Gasteiger partial charge is 0.338 e. The Labute approximate surface area is 187 Å². The van der Waals surface area contributed by atoms with Crippen LogP contribution < -0.4 is 5.32 Å². The van der Waals surface area contributed by atoms with Crippen molar-refractivity contribution in [1.29, 1.82) is 0 Å². The van der Waals surface area contributed by atoms with Gasteiger partial charge in [0.1, 0.15) is 5.75 Å². The summed E-state index contributed by atoms with van der Waals surface area (Å²) in [4.78, 5) is 25.2. The number of hydrogen-bond donors (Lipinski definition) is 2. The minimum absolute atomic E-state index is 0.00344. The molecule has 0 saturated carbocycles. The number of phenols is 1. The van der Waals surface area contributed by atoms with Gasteiger partial charge in [-0.1, -0.05) is 13.8 Å². The van der Waals surface area contributed by atoms with E-state index < -0.39 is 5.97 Å². The molecule has 0 radical (unpaired) electrons. The second-order valence-corrected chi connectivity index (χ2v) is 9.03. The molecule has 32 heavy (non-hydrogen) atoms. The highest BCUT2D eigenvalue weighted by Gasteiger charge is 2.39. The molecule has 1 saturated heterocycles. The lowest BCUT2D eigenvalue weighted by molar-refractivity contribution is 0.0151. The molecule has 1 fully saturated rings. The summed E-state index contributed by atoms with van der Waals surface area (Å²) in [6.45, 7) is 6.90. The minimum atomic E-state index is -0.425. The van der Waals surface area contributed by atoms with E-state index in [0.717, 1.165) is 30.7 Å². The summed E-state index contributed by atoms with van der Waals surface area (Å²) in [5.41, 5.74) is 2.90. The Morgan fingerprint density at radius 3 is 2.72 bits per heavy atom. The molecule has 8 heteroatoms. The standard InChI is InChI=1S/C24H31N3O5/c1-3-19-21-20(12-24(15-25-22(21)29)8-10-31-11-9-24)27(26-19)13-16(2)14-32-23(30)17-4-6-18(28)7-5-17/h4-7,16,28H,3,8-15H2,1-2H3,(H,25,29)/t16-/m0/s1. The molecule has 1 aromatic heterocycles. The van der Waals surface area contributed by atoms with Crippen molar-refractivity contribution in [3.63, 3.8) is 0 Å². The molecule has 3 heterocycles. The maximum absolute atomic E-state index is 12.9. The molecule has 0 unspecified atom stereocenters. The molecule has 0 aliphatic carbocycles. The molecular formula is C24H31N3O5. The quantitative estimate of drug-likeness (QED) is 0.669. The normalized spacial score (nSPS) is 18.5. The van der Waals surface area contributed by atoms with E-state index in [1.807, 2.05) is 18.5 Å². The van der Waals surface area contributed by atoms with Crippen molar-refractivity contribution >= 4 is 11.9 Å². The van der Waals surface area contributed by atoms with E-state index in [1.165, 1.54) is 24.3 Å². The monoisotopic (exact) mass is 441 g/mol. The Kier molecular flexibility index (Phi) is 6.50. The molecular weight excluding hydrogens is 410 g/mol. The van der Waals surface area contributed by atoms with Crippen molar-refractivity contribution in [3.8, 4) is 5.75 Å². The lowest BCUT2D eigenvalue weighted by Crippen LogP contribution is -2.41. The second kappa shape index (κ2) is 9.32. The Morgan fingerprint density at radius 1 is 1.31 bits per heavy atom. The highest BCUT2D eigenvalue weighted by atomic mass is 16.5. The molecule has 1 atom stereocenters. The van der Waals surface area contributed by atoms with Crippen LogP contribution in [0.2, 0.25) is 0 Å². The van der Waals surface area contributed by atoms with Gasteiger partial charge in [-0.2, -0.15) is 5.10 Å². The Hall–Kier alpha value is -2.87. The van der Waals surface area contributed by atoms with Crippen molar-refractivity contribution in [2.24, 2.45) is 11.3 Å². The number of aromatic nitrogens is 2. The van der Waals surface area contributed by atoms with Gasteiger partial charge in [0.2, 0.25) is 0 Å². The zero-order chi connectivity index (χ0) is 22.7.